The minimum atomic E-state index is -0.136. The number of hydrogen-bond acceptors (Lipinski definition) is 3. The van der Waals surface area contributed by atoms with Crippen LogP contribution >= 0.6 is 11.6 Å². The summed E-state index contributed by atoms with van der Waals surface area (Å²) in [5, 5.41) is 11.9. The molecule has 0 aliphatic heterocycles. The van der Waals surface area contributed by atoms with Crippen molar-refractivity contribution in [3.05, 3.63) is 23.0 Å². The van der Waals surface area contributed by atoms with E-state index in [0.29, 0.717) is 36.9 Å². The second kappa shape index (κ2) is 8.19. The first-order valence-corrected chi connectivity index (χ1v) is 6.78. The first-order valence-electron chi connectivity index (χ1n) is 6.40. The lowest BCUT2D eigenvalue weighted by Gasteiger charge is -2.12. The van der Waals surface area contributed by atoms with Gasteiger partial charge in [0.25, 0.3) is 5.91 Å². The number of rotatable bonds is 8. The number of hydrogen-bond donors (Lipinski definition) is 2. The maximum absolute atomic E-state index is 12.0. The Labute approximate surface area is 118 Å². The minimum absolute atomic E-state index is 0.0206. The zero-order valence-electron chi connectivity index (χ0n) is 11.4. The number of ether oxygens (including phenoxy) is 1. The molecule has 0 unspecified atom stereocenters. The van der Waals surface area contributed by atoms with Crippen LogP contribution in [0.4, 0.5) is 0 Å². The number of nitrogens with zero attached hydrogens (tertiary/aromatic N) is 1. The lowest BCUT2D eigenvalue weighted by atomic mass is 10.3. The van der Waals surface area contributed by atoms with Gasteiger partial charge in [-0.15, -0.1) is 0 Å². The molecule has 0 radical (unpaired) electrons. The molecule has 0 aliphatic rings. The molecular weight excluding hydrogens is 268 g/mol. The van der Waals surface area contributed by atoms with E-state index >= 15 is 0 Å². The fourth-order valence-electron chi connectivity index (χ4n) is 1.69. The Balaban J connectivity index is 2.41. The van der Waals surface area contributed by atoms with Crippen LogP contribution in [0.15, 0.2) is 12.3 Å². The molecule has 1 aromatic heterocycles. The van der Waals surface area contributed by atoms with Crippen molar-refractivity contribution in [1.29, 1.82) is 0 Å². The molecule has 0 saturated heterocycles. The highest BCUT2D eigenvalue weighted by Crippen LogP contribution is 2.18. The first-order chi connectivity index (χ1) is 9.06. The number of amides is 1. The van der Waals surface area contributed by atoms with Crippen LogP contribution in [-0.2, 0) is 4.74 Å². The number of carbonyl (C=O) groups is 1. The summed E-state index contributed by atoms with van der Waals surface area (Å²) >= 11 is 5.93. The Hall–Kier alpha value is -1.04. The van der Waals surface area contributed by atoms with Gasteiger partial charge in [-0.2, -0.15) is 0 Å². The van der Waals surface area contributed by atoms with Gasteiger partial charge < -0.3 is 19.7 Å². The van der Waals surface area contributed by atoms with Crippen LogP contribution in [0, 0.1) is 0 Å². The van der Waals surface area contributed by atoms with Crippen molar-refractivity contribution in [2.75, 3.05) is 26.4 Å². The van der Waals surface area contributed by atoms with Crippen LogP contribution in [0.1, 0.15) is 36.8 Å². The number of aromatic nitrogens is 1. The third-order valence-corrected chi connectivity index (χ3v) is 2.80. The smallest absolute Gasteiger partial charge is 0.267 e. The number of carbonyl (C=O) groups excluding carboxylic acids is 1. The molecule has 1 rings (SSSR count). The van der Waals surface area contributed by atoms with Gasteiger partial charge in [-0.25, -0.2) is 0 Å². The van der Waals surface area contributed by atoms with Crippen molar-refractivity contribution in [2.24, 2.45) is 0 Å². The molecule has 0 fully saturated rings. The van der Waals surface area contributed by atoms with Crippen molar-refractivity contribution in [1.82, 2.24) is 9.88 Å². The number of aliphatic hydroxyl groups is 1. The molecule has 1 amide bonds. The second-order valence-electron chi connectivity index (χ2n) is 4.49. The zero-order chi connectivity index (χ0) is 14.3. The van der Waals surface area contributed by atoms with Crippen LogP contribution in [0.2, 0.25) is 5.02 Å². The van der Waals surface area contributed by atoms with E-state index in [4.69, 9.17) is 21.4 Å². The SMILES string of the molecule is CC(C)n1cc(Cl)cc1C(=O)NCCCOCCO. The van der Waals surface area contributed by atoms with Gasteiger partial charge in [-0.1, -0.05) is 11.6 Å². The average molecular weight is 289 g/mol. The van der Waals surface area contributed by atoms with Gasteiger partial charge in [0.1, 0.15) is 5.69 Å². The van der Waals surface area contributed by atoms with Crippen LogP contribution in [0.3, 0.4) is 0 Å². The van der Waals surface area contributed by atoms with Gasteiger partial charge in [0, 0.05) is 25.4 Å². The fourth-order valence-corrected chi connectivity index (χ4v) is 1.90. The molecule has 19 heavy (non-hydrogen) atoms. The summed E-state index contributed by atoms with van der Waals surface area (Å²) in [5.41, 5.74) is 0.566. The van der Waals surface area contributed by atoms with Crippen molar-refractivity contribution in [2.45, 2.75) is 26.3 Å². The summed E-state index contributed by atoms with van der Waals surface area (Å²) in [4.78, 5) is 12.0. The lowest BCUT2D eigenvalue weighted by Crippen LogP contribution is -2.27. The van der Waals surface area contributed by atoms with Gasteiger partial charge >= 0.3 is 0 Å². The molecule has 0 bridgehead atoms. The third kappa shape index (κ3) is 5.22. The Bertz CT molecular complexity index is 405. The van der Waals surface area contributed by atoms with E-state index in [9.17, 15) is 4.79 Å². The van der Waals surface area contributed by atoms with Gasteiger partial charge in [0.15, 0.2) is 0 Å². The van der Waals surface area contributed by atoms with Crippen molar-refractivity contribution < 1.29 is 14.6 Å². The lowest BCUT2D eigenvalue weighted by molar-refractivity contribution is 0.0863. The minimum Gasteiger partial charge on any atom is -0.394 e. The number of halogens is 1. The van der Waals surface area contributed by atoms with Gasteiger partial charge in [-0.3, -0.25) is 4.79 Å². The molecule has 1 heterocycles. The summed E-state index contributed by atoms with van der Waals surface area (Å²) in [6.45, 7) is 5.40. The Morgan fingerprint density at radius 1 is 1.53 bits per heavy atom. The summed E-state index contributed by atoms with van der Waals surface area (Å²) < 4.78 is 6.96. The van der Waals surface area contributed by atoms with Gasteiger partial charge in [0.2, 0.25) is 0 Å². The summed E-state index contributed by atoms with van der Waals surface area (Å²) in [7, 11) is 0. The maximum atomic E-state index is 12.0. The van der Waals surface area contributed by atoms with Crippen molar-refractivity contribution >= 4 is 17.5 Å². The topological polar surface area (TPSA) is 63.5 Å². The molecule has 0 spiro atoms. The number of aliphatic hydroxyl groups excluding tert-OH is 1. The van der Waals surface area contributed by atoms with E-state index in [1.807, 2.05) is 18.4 Å². The van der Waals surface area contributed by atoms with Crippen LogP contribution in [0.5, 0.6) is 0 Å². The molecule has 6 heteroatoms. The van der Waals surface area contributed by atoms with E-state index in [0.717, 1.165) is 0 Å². The highest BCUT2D eigenvalue weighted by molar-refractivity contribution is 6.31. The normalized spacial score (nSPS) is 11.0. The average Bonchev–Trinajstić information content (AvgIpc) is 2.76. The summed E-state index contributed by atoms with van der Waals surface area (Å²) in [6.07, 6.45) is 2.47. The zero-order valence-corrected chi connectivity index (χ0v) is 12.1. The van der Waals surface area contributed by atoms with E-state index < -0.39 is 0 Å². The Morgan fingerprint density at radius 2 is 2.26 bits per heavy atom. The van der Waals surface area contributed by atoms with E-state index in [1.165, 1.54) is 0 Å². The second-order valence-corrected chi connectivity index (χ2v) is 4.93. The third-order valence-electron chi connectivity index (χ3n) is 2.59. The highest BCUT2D eigenvalue weighted by atomic mass is 35.5. The first kappa shape index (κ1) is 16.0. The molecule has 0 atom stereocenters. The summed E-state index contributed by atoms with van der Waals surface area (Å²) in [6, 6.07) is 1.85. The molecule has 0 saturated carbocycles. The Morgan fingerprint density at radius 3 is 2.89 bits per heavy atom. The molecular formula is C13H21ClN2O3. The van der Waals surface area contributed by atoms with Crippen molar-refractivity contribution in [3.63, 3.8) is 0 Å². The fraction of sp³-hybridized carbons (Fsp3) is 0.615. The van der Waals surface area contributed by atoms with E-state index in [-0.39, 0.29) is 18.6 Å². The monoisotopic (exact) mass is 288 g/mol. The van der Waals surface area contributed by atoms with Gasteiger partial charge in [0.05, 0.1) is 18.2 Å². The summed E-state index contributed by atoms with van der Waals surface area (Å²) in [5.74, 6) is -0.136. The van der Waals surface area contributed by atoms with Crippen LogP contribution in [0.25, 0.3) is 0 Å². The molecule has 1 aromatic rings. The molecule has 2 N–H and O–H groups in total. The quantitative estimate of drug-likeness (QED) is 0.718. The molecule has 108 valence electrons. The van der Waals surface area contributed by atoms with E-state index in [1.54, 1.807) is 12.3 Å². The van der Waals surface area contributed by atoms with Crippen molar-refractivity contribution in [3.8, 4) is 0 Å². The standard InChI is InChI=1S/C13H21ClN2O3/c1-10(2)16-9-11(14)8-12(16)13(18)15-4-3-6-19-7-5-17/h8-10,17H,3-7H2,1-2H3,(H,15,18). The molecule has 5 nitrogen and oxygen atoms in total. The van der Waals surface area contributed by atoms with Crippen LogP contribution in [-0.4, -0.2) is 41.9 Å². The van der Waals surface area contributed by atoms with Crippen LogP contribution < -0.4 is 5.32 Å². The number of nitrogens with one attached hydrogen (secondary N) is 1. The molecule has 0 aromatic carbocycles. The van der Waals surface area contributed by atoms with E-state index in [2.05, 4.69) is 5.32 Å². The molecule has 0 aliphatic carbocycles. The Kier molecular flexibility index (Phi) is 6.91. The largest absolute Gasteiger partial charge is 0.394 e. The maximum Gasteiger partial charge on any atom is 0.267 e. The highest BCUT2D eigenvalue weighted by Gasteiger charge is 2.14. The van der Waals surface area contributed by atoms with Gasteiger partial charge in [-0.05, 0) is 26.3 Å². The predicted octanol–water partition coefficient (Wildman–Crippen LogP) is 1.85. The predicted molar refractivity (Wildman–Crippen MR) is 74.7 cm³/mol.